The third-order valence-electron chi connectivity index (χ3n) is 5.32. The van der Waals surface area contributed by atoms with Gasteiger partial charge >= 0.3 is 0 Å². The van der Waals surface area contributed by atoms with Gasteiger partial charge in [-0.2, -0.15) is 0 Å². The highest BCUT2D eigenvalue weighted by atomic mass is 29.3. The summed E-state index contributed by atoms with van der Waals surface area (Å²) in [4.78, 5) is 0. The molecular formula is C20H26Si2. The highest BCUT2D eigenvalue weighted by molar-refractivity contribution is 7.53. The SMILES string of the molecule is C=C(c1ccccc1)[Si](C)(C)[Si](C)(C)C(=C)c1ccccc1. The molecule has 0 fully saturated rings. The van der Waals surface area contributed by atoms with E-state index in [2.05, 4.69) is 100 Å². The second-order valence-electron chi connectivity index (χ2n) is 6.94. The molecule has 0 saturated carbocycles. The van der Waals surface area contributed by atoms with E-state index in [9.17, 15) is 0 Å². The van der Waals surface area contributed by atoms with Crippen LogP contribution in [0.15, 0.2) is 73.8 Å². The van der Waals surface area contributed by atoms with E-state index in [0.717, 1.165) is 0 Å². The molecule has 0 aromatic heterocycles. The van der Waals surface area contributed by atoms with Gasteiger partial charge in [-0.15, -0.1) is 0 Å². The minimum atomic E-state index is -1.68. The lowest BCUT2D eigenvalue weighted by Gasteiger charge is -2.41. The molecule has 22 heavy (non-hydrogen) atoms. The van der Waals surface area contributed by atoms with Crippen LogP contribution in [0, 0.1) is 0 Å². The summed E-state index contributed by atoms with van der Waals surface area (Å²) in [6, 6.07) is 21.3. The number of hydrogen-bond donors (Lipinski definition) is 0. The predicted molar refractivity (Wildman–Crippen MR) is 106 cm³/mol. The Bertz CT molecular complexity index is 606. The topological polar surface area (TPSA) is 0 Å². The van der Waals surface area contributed by atoms with Gasteiger partial charge in [-0.3, -0.25) is 0 Å². The number of benzene rings is 2. The monoisotopic (exact) mass is 322 g/mol. The fraction of sp³-hybridized carbons (Fsp3) is 0.200. The van der Waals surface area contributed by atoms with Gasteiger partial charge in [0.1, 0.15) is 0 Å². The van der Waals surface area contributed by atoms with Gasteiger partial charge in [-0.1, -0.05) is 110 Å². The van der Waals surface area contributed by atoms with Crippen LogP contribution in [0.1, 0.15) is 11.1 Å². The van der Waals surface area contributed by atoms with Crippen molar-refractivity contribution in [1.29, 1.82) is 0 Å². The molecule has 0 amide bonds. The Hall–Kier alpha value is -1.65. The fourth-order valence-corrected chi connectivity index (χ4v) is 11.4. The van der Waals surface area contributed by atoms with E-state index in [1.807, 2.05) is 0 Å². The summed E-state index contributed by atoms with van der Waals surface area (Å²) >= 11 is 0. The molecule has 0 radical (unpaired) electrons. The molecule has 2 rings (SSSR count). The van der Waals surface area contributed by atoms with Gasteiger partial charge in [0.2, 0.25) is 0 Å². The van der Waals surface area contributed by atoms with Crippen LogP contribution in [0.3, 0.4) is 0 Å². The lowest BCUT2D eigenvalue weighted by atomic mass is 10.2. The molecule has 0 nitrogen and oxygen atoms in total. The number of rotatable bonds is 5. The van der Waals surface area contributed by atoms with Gasteiger partial charge in [-0.25, -0.2) is 0 Å². The van der Waals surface area contributed by atoms with Crippen molar-refractivity contribution in [3.8, 4) is 0 Å². The molecule has 0 N–H and O–H groups in total. The van der Waals surface area contributed by atoms with Crippen LogP contribution < -0.4 is 0 Å². The van der Waals surface area contributed by atoms with Crippen molar-refractivity contribution in [3.05, 3.63) is 84.9 Å². The average molecular weight is 323 g/mol. The van der Waals surface area contributed by atoms with Crippen molar-refractivity contribution in [2.45, 2.75) is 26.2 Å². The van der Waals surface area contributed by atoms with E-state index < -0.39 is 15.2 Å². The van der Waals surface area contributed by atoms with Crippen molar-refractivity contribution < 1.29 is 0 Å². The van der Waals surface area contributed by atoms with Crippen LogP contribution in [0.25, 0.3) is 10.4 Å². The Morgan fingerprint density at radius 1 is 0.591 bits per heavy atom. The molecule has 0 atom stereocenters. The van der Waals surface area contributed by atoms with E-state index >= 15 is 0 Å². The molecule has 114 valence electrons. The van der Waals surface area contributed by atoms with Gasteiger partial charge in [0.25, 0.3) is 0 Å². The first-order valence-corrected chi connectivity index (χ1v) is 14.8. The summed E-state index contributed by atoms with van der Waals surface area (Å²) < 4.78 is 0. The van der Waals surface area contributed by atoms with Gasteiger partial charge in [-0.05, 0) is 11.1 Å². The molecular weight excluding hydrogens is 296 g/mol. The van der Waals surface area contributed by atoms with Crippen molar-refractivity contribution in [2.75, 3.05) is 0 Å². The summed E-state index contributed by atoms with van der Waals surface area (Å²) in [5.74, 6) is 0. The van der Waals surface area contributed by atoms with Crippen LogP contribution in [-0.4, -0.2) is 15.2 Å². The van der Waals surface area contributed by atoms with Gasteiger partial charge in [0, 0.05) is 0 Å². The Kier molecular flexibility index (Phi) is 4.73. The minimum absolute atomic E-state index is 1.29. The Labute approximate surface area is 137 Å². The molecule has 0 aliphatic carbocycles. The summed E-state index contributed by atoms with van der Waals surface area (Å²) in [6.07, 6.45) is 0. The predicted octanol–water partition coefficient (Wildman–Crippen LogP) is 5.99. The number of hydrogen-bond acceptors (Lipinski definition) is 0. The van der Waals surface area contributed by atoms with Crippen LogP contribution >= 0.6 is 0 Å². The average Bonchev–Trinajstić information content (AvgIpc) is 2.54. The first kappa shape index (κ1) is 16.7. The molecule has 0 saturated heterocycles. The largest absolute Gasteiger partial charge is 0.0995 e. The van der Waals surface area contributed by atoms with Gasteiger partial charge in [0.15, 0.2) is 0 Å². The van der Waals surface area contributed by atoms with E-state index in [0.29, 0.717) is 0 Å². The fourth-order valence-electron chi connectivity index (χ4n) is 2.75. The zero-order valence-corrected chi connectivity index (χ0v) is 16.2. The third-order valence-corrected chi connectivity index (χ3v) is 23.2. The minimum Gasteiger partial charge on any atom is -0.0995 e. The van der Waals surface area contributed by atoms with Crippen molar-refractivity contribution >= 4 is 25.6 Å². The summed E-state index contributed by atoms with van der Waals surface area (Å²) in [6.45, 7) is 18.8. The van der Waals surface area contributed by atoms with Crippen LogP contribution in [0.2, 0.25) is 26.2 Å². The molecule has 2 aromatic carbocycles. The third kappa shape index (κ3) is 2.94. The molecule has 0 bridgehead atoms. The first-order valence-electron chi connectivity index (χ1n) is 7.78. The maximum absolute atomic E-state index is 4.49. The molecule has 2 heteroatoms. The first-order chi connectivity index (χ1) is 10.3. The van der Waals surface area contributed by atoms with Gasteiger partial charge in [0.05, 0.1) is 15.2 Å². The van der Waals surface area contributed by atoms with Crippen molar-refractivity contribution in [3.63, 3.8) is 0 Å². The zero-order valence-electron chi connectivity index (χ0n) is 14.2. The Morgan fingerprint density at radius 3 is 1.14 bits per heavy atom. The van der Waals surface area contributed by atoms with E-state index in [4.69, 9.17) is 0 Å². The normalized spacial score (nSPS) is 12.0. The molecule has 0 heterocycles. The van der Waals surface area contributed by atoms with Crippen LogP contribution in [0.4, 0.5) is 0 Å². The summed E-state index contributed by atoms with van der Waals surface area (Å²) in [7, 11) is -3.35. The lowest BCUT2D eigenvalue weighted by molar-refractivity contribution is 1.62. The molecule has 0 unspecified atom stereocenters. The quantitative estimate of drug-likeness (QED) is 0.593. The van der Waals surface area contributed by atoms with E-state index in [1.165, 1.54) is 21.5 Å². The van der Waals surface area contributed by atoms with Crippen LogP contribution in [0.5, 0.6) is 0 Å². The van der Waals surface area contributed by atoms with Gasteiger partial charge < -0.3 is 0 Å². The lowest BCUT2D eigenvalue weighted by Crippen LogP contribution is -2.56. The standard InChI is InChI=1S/C20H26Si2/c1-17(19-13-9-7-10-14-19)21(3,4)22(5,6)18(2)20-15-11-8-12-16-20/h7-16H,1-2H2,3-6H3. The highest BCUT2D eigenvalue weighted by Gasteiger charge is 2.45. The van der Waals surface area contributed by atoms with Crippen LogP contribution in [-0.2, 0) is 0 Å². The highest BCUT2D eigenvalue weighted by Crippen LogP contribution is 2.38. The summed E-state index contributed by atoms with van der Waals surface area (Å²) in [5.41, 5.74) is 2.58. The molecule has 0 spiro atoms. The van der Waals surface area contributed by atoms with E-state index in [1.54, 1.807) is 0 Å². The maximum Gasteiger partial charge on any atom is 0.0791 e. The Morgan fingerprint density at radius 2 is 0.864 bits per heavy atom. The van der Waals surface area contributed by atoms with E-state index in [-0.39, 0.29) is 0 Å². The van der Waals surface area contributed by atoms with Crippen molar-refractivity contribution in [2.24, 2.45) is 0 Å². The second-order valence-corrected chi connectivity index (χ2v) is 22.1. The zero-order chi connectivity index (χ0) is 16.4. The maximum atomic E-state index is 4.49. The smallest absolute Gasteiger partial charge is 0.0791 e. The molecule has 0 aliphatic rings. The van der Waals surface area contributed by atoms with Crippen molar-refractivity contribution in [1.82, 2.24) is 0 Å². The Balaban J connectivity index is 2.38. The molecule has 2 aromatic rings. The second kappa shape index (κ2) is 6.23. The summed E-state index contributed by atoms with van der Waals surface area (Å²) in [5, 5.41) is 2.70. The molecule has 0 aliphatic heterocycles.